The molecule has 4 heteroatoms. The lowest BCUT2D eigenvalue weighted by molar-refractivity contribution is 0.0599. The molecule has 1 aliphatic heterocycles. The third-order valence-corrected chi connectivity index (χ3v) is 3.82. The van der Waals surface area contributed by atoms with Crippen LogP contribution in [-0.2, 0) is 4.74 Å². The molecule has 0 radical (unpaired) electrons. The Balaban J connectivity index is 2.17. The third kappa shape index (κ3) is 5.34. The molecule has 102 valence electrons. The molecule has 1 heterocycles. The number of aliphatic hydroxyl groups excluding tert-OH is 1. The van der Waals surface area contributed by atoms with Crippen LogP contribution in [0.5, 0.6) is 0 Å². The van der Waals surface area contributed by atoms with E-state index in [4.69, 9.17) is 4.74 Å². The number of likely N-dealkylation sites (tertiary alicyclic amines) is 1. The molecule has 2 atom stereocenters. The average Bonchev–Trinajstić information content (AvgIpc) is 2.36. The molecule has 1 fully saturated rings. The summed E-state index contributed by atoms with van der Waals surface area (Å²) >= 11 is 0. The van der Waals surface area contributed by atoms with Crippen molar-refractivity contribution in [2.45, 2.75) is 38.8 Å². The van der Waals surface area contributed by atoms with Gasteiger partial charge in [0.1, 0.15) is 0 Å². The van der Waals surface area contributed by atoms with Crippen molar-refractivity contribution in [2.24, 2.45) is 5.92 Å². The number of hydrogen-bond acceptors (Lipinski definition) is 4. The first-order chi connectivity index (χ1) is 8.17. The Morgan fingerprint density at radius 3 is 2.59 bits per heavy atom. The van der Waals surface area contributed by atoms with Crippen LogP contribution in [0.1, 0.15) is 26.7 Å². The number of aliphatic hydroxyl groups is 1. The van der Waals surface area contributed by atoms with Crippen LogP contribution in [0, 0.1) is 5.92 Å². The number of hydrogen-bond donors (Lipinski definition) is 2. The van der Waals surface area contributed by atoms with Crippen molar-refractivity contribution in [1.29, 1.82) is 0 Å². The lowest BCUT2D eigenvalue weighted by atomic mass is 9.90. The van der Waals surface area contributed by atoms with Gasteiger partial charge in [0.2, 0.25) is 0 Å². The van der Waals surface area contributed by atoms with E-state index in [0.717, 1.165) is 5.92 Å². The van der Waals surface area contributed by atoms with Crippen molar-refractivity contribution in [3.8, 4) is 0 Å². The molecule has 1 saturated heterocycles. The van der Waals surface area contributed by atoms with Crippen molar-refractivity contribution >= 4 is 0 Å². The van der Waals surface area contributed by atoms with Crippen molar-refractivity contribution in [3.63, 3.8) is 0 Å². The molecule has 0 amide bonds. The molecule has 0 spiro atoms. The zero-order valence-corrected chi connectivity index (χ0v) is 11.5. The topological polar surface area (TPSA) is 44.7 Å². The molecule has 1 rings (SSSR count). The molecule has 2 N–H and O–H groups in total. The monoisotopic (exact) mass is 244 g/mol. The van der Waals surface area contributed by atoms with Crippen LogP contribution in [0.25, 0.3) is 0 Å². The van der Waals surface area contributed by atoms with Gasteiger partial charge in [0.05, 0.1) is 12.7 Å². The van der Waals surface area contributed by atoms with E-state index in [1.807, 2.05) is 0 Å². The Bertz CT molecular complexity index is 194. The summed E-state index contributed by atoms with van der Waals surface area (Å²) < 4.78 is 4.91. The van der Waals surface area contributed by atoms with Crippen molar-refractivity contribution in [3.05, 3.63) is 0 Å². The van der Waals surface area contributed by atoms with E-state index in [0.29, 0.717) is 19.2 Å². The predicted molar refractivity (Wildman–Crippen MR) is 70.2 cm³/mol. The highest BCUT2D eigenvalue weighted by Gasteiger charge is 2.23. The largest absolute Gasteiger partial charge is 0.389 e. The standard InChI is InChI=1S/C13H28N2O2/c1-4-15-7-5-12(6-8-15)11(2)14-9-13(16)10-17-3/h11-14,16H,4-10H2,1-3H3. The van der Waals surface area contributed by atoms with Gasteiger partial charge in [-0.05, 0) is 45.3 Å². The van der Waals surface area contributed by atoms with E-state index in [1.54, 1.807) is 7.11 Å². The van der Waals surface area contributed by atoms with Crippen LogP contribution < -0.4 is 5.32 Å². The fourth-order valence-electron chi connectivity index (χ4n) is 2.51. The average molecular weight is 244 g/mol. The summed E-state index contributed by atoms with van der Waals surface area (Å²) in [5, 5.41) is 13.0. The van der Waals surface area contributed by atoms with Crippen LogP contribution in [0.15, 0.2) is 0 Å². The lowest BCUT2D eigenvalue weighted by Gasteiger charge is -2.34. The highest BCUT2D eigenvalue weighted by atomic mass is 16.5. The lowest BCUT2D eigenvalue weighted by Crippen LogP contribution is -2.44. The predicted octanol–water partition coefficient (Wildman–Crippen LogP) is 0.704. The van der Waals surface area contributed by atoms with Crippen LogP contribution in [0.3, 0.4) is 0 Å². The number of ether oxygens (including phenoxy) is 1. The Morgan fingerprint density at radius 1 is 1.41 bits per heavy atom. The normalized spacial score (nSPS) is 22.6. The van der Waals surface area contributed by atoms with Gasteiger partial charge in [-0.1, -0.05) is 6.92 Å². The second-order valence-electron chi connectivity index (χ2n) is 5.08. The first-order valence-electron chi connectivity index (χ1n) is 6.80. The maximum Gasteiger partial charge on any atom is 0.0897 e. The summed E-state index contributed by atoms with van der Waals surface area (Å²) in [6.07, 6.45) is 2.14. The fourth-order valence-corrected chi connectivity index (χ4v) is 2.51. The molecule has 0 aromatic heterocycles. The van der Waals surface area contributed by atoms with E-state index in [1.165, 1.54) is 32.5 Å². The Labute approximate surface area is 105 Å². The van der Waals surface area contributed by atoms with Gasteiger partial charge in [-0.15, -0.1) is 0 Å². The molecule has 0 aromatic rings. The summed E-state index contributed by atoms with van der Waals surface area (Å²) in [6, 6.07) is 0.487. The SMILES string of the molecule is CCN1CCC(C(C)NCC(O)COC)CC1. The molecule has 0 aromatic carbocycles. The molecular formula is C13H28N2O2. The molecule has 1 aliphatic rings. The summed E-state index contributed by atoms with van der Waals surface area (Å²) in [5.41, 5.74) is 0. The molecule has 17 heavy (non-hydrogen) atoms. The Morgan fingerprint density at radius 2 is 2.06 bits per heavy atom. The minimum atomic E-state index is -0.391. The maximum absolute atomic E-state index is 9.58. The van der Waals surface area contributed by atoms with Crippen molar-refractivity contribution in [2.75, 3.05) is 39.9 Å². The zero-order chi connectivity index (χ0) is 12.7. The minimum Gasteiger partial charge on any atom is -0.389 e. The van der Waals surface area contributed by atoms with E-state index in [2.05, 4.69) is 24.1 Å². The summed E-state index contributed by atoms with van der Waals surface area (Å²) in [4.78, 5) is 2.50. The molecule has 4 nitrogen and oxygen atoms in total. The molecular weight excluding hydrogens is 216 g/mol. The van der Waals surface area contributed by atoms with Gasteiger partial charge in [-0.2, -0.15) is 0 Å². The fraction of sp³-hybridized carbons (Fsp3) is 1.00. The molecule has 0 saturated carbocycles. The zero-order valence-electron chi connectivity index (χ0n) is 11.5. The Kier molecular flexibility index (Phi) is 7.04. The van der Waals surface area contributed by atoms with E-state index in [-0.39, 0.29) is 0 Å². The number of nitrogens with one attached hydrogen (secondary N) is 1. The number of piperidine rings is 1. The summed E-state index contributed by atoms with van der Waals surface area (Å²) in [5.74, 6) is 0.743. The Hall–Kier alpha value is -0.160. The highest BCUT2D eigenvalue weighted by Crippen LogP contribution is 2.20. The van der Waals surface area contributed by atoms with Crippen molar-refractivity contribution < 1.29 is 9.84 Å². The minimum absolute atomic E-state index is 0.391. The van der Waals surface area contributed by atoms with Crippen molar-refractivity contribution in [1.82, 2.24) is 10.2 Å². The van der Waals surface area contributed by atoms with Crippen LogP contribution >= 0.6 is 0 Å². The first-order valence-corrected chi connectivity index (χ1v) is 6.80. The highest BCUT2D eigenvalue weighted by molar-refractivity contribution is 4.79. The quantitative estimate of drug-likeness (QED) is 0.692. The number of rotatable bonds is 7. The molecule has 2 unspecified atom stereocenters. The molecule has 0 aliphatic carbocycles. The smallest absolute Gasteiger partial charge is 0.0897 e. The van der Waals surface area contributed by atoms with Crippen LogP contribution in [0.4, 0.5) is 0 Å². The second-order valence-corrected chi connectivity index (χ2v) is 5.08. The number of nitrogens with zero attached hydrogens (tertiary/aromatic N) is 1. The van der Waals surface area contributed by atoms with E-state index < -0.39 is 6.10 Å². The number of methoxy groups -OCH3 is 1. The summed E-state index contributed by atoms with van der Waals surface area (Å²) in [6.45, 7) is 9.09. The van der Waals surface area contributed by atoms with Gasteiger partial charge in [-0.25, -0.2) is 0 Å². The van der Waals surface area contributed by atoms with E-state index >= 15 is 0 Å². The van der Waals surface area contributed by atoms with Gasteiger partial charge >= 0.3 is 0 Å². The second kappa shape index (κ2) is 8.03. The van der Waals surface area contributed by atoms with Crippen LogP contribution in [0.2, 0.25) is 0 Å². The van der Waals surface area contributed by atoms with Gasteiger partial charge < -0.3 is 20.1 Å². The van der Waals surface area contributed by atoms with Gasteiger partial charge in [-0.3, -0.25) is 0 Å². The third-order valence-electron chi connectivity index (χ3n) is 3.82. The van der Waals surface area contributed by atoms with E-state index in [9.17, 15) is 5.11 Å². The van der Waals surface area contributed by atoms with Gasteiger partial charge in [0, 0.05) is 19.7 Å². The van der Waals surface area contributed by atoms with Gasteiger partial charge in [0.15, 0.2) is 0 Å². The van der Waals surface area contributed by atoms with Gasteiger partial charge in [0.25, 0.3) is 0 Å². The first kappa shape index (κ1) is 14.9. The van der Waals surface area contributed by atoms with Crippen LogP contribution in [-0.4, -0.2) is 62.0 Å². The maximum atomic E-state index is 9.58. The molecule has 0 bridgehead atoms. The summed E-state index contributed by atoms with van der Waals surface area (Å²) in [7, 11) is 1.62.